The molecule has 0 spiro atoms. The van der Waals surface area contributed by atoms with Crippen molar-refractivity contribution in [3.63, 3.8) is 0 Å². The molecule has 39 heavy (non-hydrogen) atoms. The molecule has 6 nitrogen and oxygen atoms in total. The highest BCUT2D eigenvalue weighted by molar-refractivity contribution is 7.98. The third-order valence-corrected chi connectivity index (χ3v) is 7.84. The third-order valence-electron chi connectivity index (χ3n) is 6.73. The monoisotopic (exact) mass is 563 g/mol. The van der Waals surface area contributed by atoms with Gasteiger partial charge in [0.05, 0.1) is 0 Å². The SMILES string of the molecule is CCCCCCNC(=O)c1ccc(CSc2nc(Cl)cc(N3CCN(CC=Cc4ccccc4)CC3)n2)cc1. The van der Waals surface area contributed by atoms with E-state index in [4.69, 9.17) is 16.6 Å². The summed E-state index contributed by atoms with van der Waals surface area (Å²) in [5.74, 6) is 1.57. The smallest absolute Gasteiger partial charge is 0.251 e. The van der Waals surface area contributed by atoms with Gasteiger partial charge in [-0.2, -0.15) is 0 Å². The Labute approximate surface area is 241 Å². The third kappa shape index (κ3) is 9.67. The molecule has 1 aliphatic rings. The number of benzene rings is 2. The van der Waals surface area contributed by atoms with Crippen molar-refractivity contribution in [2.24, 2.45) is 0 Å². The van der Waals surface area contributed by atoms with Gasteiger partial charge >= 0.3 is 0 Å². The molecule has 8 heteroatoms. The lowest BCUT2D eigenvalue weighted by Crippen LogP contribution is -2.46. The quantitative estimate of drug-likeness (QED) is 0.110. The average molecular weight is 564 g/mol. The first kappa shape index (κ1) is 29.1. The molecule has 1 saturated heterocycles. The standard InChI is InChI=1S/C31H38ClN5OS/c1-2-3-4-8-17-33-30(38)27-15-13-26(14-16-27)24-39-31-34-28(32)23-29(35-31)37-21-19-36(20-22-37)18-9-12-25-10-6-5-7-11-25/h5-7,9-16,23H,2-4,8,17-22,24H2,1H3,(H,33,38). The van der Waals surface area contributed by atoms with E-state index in [2.05, 4.69) is 63.4 Å². The minimum absolute atomic E-state index is 0.0131. The summed E-state index contributed by atoms with van der Waals surface area (Å²) in [4.78, 5) is 26.3. The zero-order chi connectivity index (χ0) is 27.3. The molecule has 206 valence electrons. The van der Waals surface area contributed by atoms with Crippen molar-refractivity contribution in [1.29, 1.82) is 0 Å². The molecule has 1 amide bonds. The van der Waals surface area contributed by atoms with Crippen LogP contribution in [-0.4, -0.2) is 60.0 Å². The Balaban J connectivity index is 1.23. The predicted molar refractivity (Wildman–Crippen MR) is 164 cm³/mol. The van der Waals surface area contributed by atoms with Crippen molar-refractivity contribution in [3.8, 4) is 0 Å². The van der Waals surface area contributed by atoms with Crippen LogP contribution in [0.2, 0.25) is 5.15 Å². The molecule has 0 unspecified atom stereocenters. The molecule has 2 heterocycles. The Morgan fingerprint density at radius 1 is 1.00 bits per heavy atom. The minimum Gasteiger partial charge on any atom is -0.354 e. The van der Waals surface area contributed by atoms with Crippen molar-refractivity contribution >= 4 is 41.2 Å². The molecule has 1 N–H and O–H groups in total. The highest BCUT2D eigenvalue weighted by Crippen LogP contribution is 2.25. The minimum atomic E-state index is -0.0131. The lowest BCUT2D eigenvalue weighted by atomic mass is 10.1. The summed E-state index contributed by atoms with van der Waals surface area (Å²) in [5.41, 5.74) is 3.03. The first-order chi connectivity index (χ1) is 19.1. The number of nitrogens with one attached hydrogen (secondary N) is 1. The van der Waals surface area contributed by atoms with Crippen LogP contribution in [0.5, 0.6) is 0 Å². The van der Waals surface area contributed by atoms with Gasteiger partial charge in [0.2, 0.25) is 0 Å². The Bertz CT molecular complexity index is 1200. The van der Waals surface area contributed by atoms with Gasteiger partial charge in [-0.15, -0.1) is 0 Å². The number of carbonyl (C=O) groups is 1. The fraction of sp³-hybridized carbons (Fsp3) is 0.387. The Hall–Kier alpha value is -2.87. The molecule has 4 rings (SSSR count). The molecule has 0 radical (unpaired) electrons. The van der Waals surface area contributed by atoms with E-state index in [1.54, 1.807) is 11.8 Å². The highest BCUT2D eigenvalue weighted by Gasteiger charge is 2.18. The maximum atomic E-state index is 12.4. The Morgan fingerprint density at radius 3 is 2.51 bits per heavy atom. The molecule has 0 saturated carbocycles. The fourth-order valence-electron chi connectivity index (χ4n) is 4.43. The van der Waals surface area contributed by atoms with Crippen molar-refractivity contribution in [3.05, 3.63) is 88.6 Å². The van der Waals surface area contributed by atoms with Crippen LogP contribution in [0.25, 0.3) is 6.08 Å². The van der Waals surface area contributed by atoms with Crippen LogP contribution in [0.3, 0.4) is 0 Å². The molecule has 0 atom stereocenters. The maximum absolute atomic E-state index is 12.4. The van der Waals surface area contributed by atoms with Crippen LogP contribution < -0.4 is 10.2 Å². The zero-order valence-electron chi connectivity index (χ0n) is 22.7. The molecule has 1 aromatic heterocycles. The molecule has 1 fully saturated rings. The maximum Gasteiger partial charge on any atom is 0.251 e. The number of rotatable bonds is 13. The van der Waals surface area contributed by atoms with Crippen LogP contribution in [0.4, 0.5) is 5.82 Å². The summed E-state index contributed by atoms with van der Waals surface area (Å²) >= 11 is 7.93. The van der Waals surface area contributed by atoms with Crippen molar-refractivity contribution in [2.45, 2.75) is 43.5 Å². The second kappa shape index (κ2) is 15.7. The average Bonchev–Trinajstić information content (AvgIpc) is 2.97. The van der Waals surface area contributed by atoms with Crippen LogP contribution in [0.15, 0.2) is 71.9 Å². The number of anilines is 1. The molecule has 0 aliphatic carbocycles. The number of unbranched alkanes of at least 4 members (excludes halogenated alkanes) is 3. The van der Waals surface area contributed by atoms with Gasteiger partial charge in [0.15, 0.2) is 5.16 Å². The normalized spacial score (nSPS) is 14.2. The number of hydrogen-bond acceptors (Lipinski definition) is 6. The van der Waals surface area contributed by atoms with E-state index in [1.807, 2.05) is 36.4 Å². The van der Waals surface area contributed by atoms with Crippen molar-refractivity contribution in [1.82, 2.24) is 20.2 Å². The number of amides is 1. The fourth-order valence-corrected chi connectivity index (χ4v) is 5.47. The van der Waals surface area contributed by atoms with Crippen molar-refractivity contribution in [2.75, 3.05) is 44.2 Å². The summed E-state index contributed by atoms with van der Waals surface area (Å²) in [6, 6.07) is 20.0. The number of hydrogen-bond donors (Lipinski definition) is 1. The summed E-state index contributed by atoms with van der Waals surface area (Å²) in [6.07, 6.45) is 9.00. The van der Waals surface area contributed by atoms with Gasteiger partial charge in [-0.25, -0.2) is 9.97 Å². The molecule has 1 aliphatic heterocycles. The number of carbonyl (C=O) groups excluding carboxylic acids is 1. The molecule has 0 bridgehead atoms. The Kier molecular flexibility index (Phi) is 11.7. The Morgan fingerprint density at radius 2 is 1.77 bits per heavy atom. The second-order valence-corrected chi connectivity index (χ2v) is 11.1. The summed E-state index contributed by atoms with van der Waals surface area (Å²) < 4.78 is 0. The van der Waals surface area contributed by atoms with E-state index in [0.717, 1.165) is 63.5 Å². The number of piperazine rings is 1. The lowest BCUT2D eigenvalue weighted by Gasteiger charge is -2.35. The molecular formula is C31H38ClN5OS. The number of thioether (sulfide) groups is 1. The van der Waals surface area contributed by atoms with Gasteiger partial charge in [0, 0.05) is 56.7 Å². The summed E-state index contributed by atoms with van der Waals surface area (Å²) in [6.45, 7) is 7.60. The van der Waals surface area contributed by atoms with Gasteiger partial charge < -0.3 is 10.2 Å². The zero-order valence-corrected chi connectivity index (χ0v) is 24.3. The first-order valence-electron chi connectivity index (χ1n) is 13.8. The largest absolute Gasteiger partial charge is 0.354 e. The van der Waals surface area contributed by atoms with Gasteiger partial charge in [-0.1, -0.05) is 104 Å². The van der Waals surface area contributed by atoms with Crippen LogP contribution in [0.1, 0.15) is 54.1 Å². The first-order valence-corrected chi connectivity index (χ1v) is 15.2. The van der Waals surface area contributed by atoms with E-state index in [1.165, 1.54) is 18.4 Å². The highest BCUT2D eigenvalue weighted by atomic mass is 35.5. The van der Waals surface area contributed by atoms with E-state index < -0.39 is 0 Å². The molecule has 3 aromatic rings. The van der Waals surface area contributed by atoms with E-state index in [0.29, 0.717) is 21.6 Å². The lowest BCUT2D eigenvalue weighted by molar-refractivity contribution is 0.0953. The molecular weight excluding hydrogens is 526 g/mol. The number of nitrogens with zero attached hydrogens (tertiary/aromatic N) is 4. The summed E-state index contributed by atoms with van der Waals surface area (Å²) in [5, 5.41) is 4.13. The van der Waals surface area contributed by atoms with Gasteiger partial charge in [0.1, 0.15) is 11.0 Å². The predicted octanol–water partition coefficient (Wildman–Crippen LogP) is 6.57. The van der Waals surface area contributed by atoms with E-state index >= 15 is 0 Å². The topological polar surface area (TPSA) is 61.4 Å². The molecule has 2 aromatic carbocycles. The number of halogens is 1. The van der Waals surface area contributed by atoms with Crippen molar-refractivity contribution < 1.29 is 4.79 Å². The summed E-state index contributed by atoms with van der Waals surface area (Å²) in [7, 11) is 0. The van der Waals surface area contributed by atoms with Crippen LogP contribution in [0, 0.1) is 0 Å². The van der Waals surface area contributed by atoms with E-state index in [9.17, 15) is 4.79 Å². The van der Waals surface area contributed by atoms with Crippen LogP contribution in [-0.2, 0) is 5.75 Å². The van der Waals surface area contributed by atoms with Gasteiger partial charge in [-0.05, 0) is 29.7 Å². The van der Waals surface area contributed by atoms with Gasteiger partial charge in [0.25, 0.3) is 5.91 Å². The number of aromatic nitrogens is 2. The van der Waals surface area contributed by atoms with Gasteiger partial charge in [-0.3, -0.25) is 9.69 Å². The van der Waals surface area contributed by atoms with E-state index in [-0.39, 0.29) is 5.91 Å². The second-order valence-electron chi connectivity index (χ2n) is 9.73. The van der Waals surface area contributed by atoms with Crippen LogP contribution >= 0.6 is 23.4 Å².